The molecule has 0 aliphatic carbocycles. The van der Waals surface area contributed by atoms with Crippen LogP contribution in [0.2, 0.25) is 0 Å². The molecule has 26 heavy (non-hydrogen) atoms. The second-order valence-corrected chi connectivity index (χ2v) is 6.30. The molecule has 8 nitrogen and oxygen atoms in total. The van der Waals surface area contributed by atoms with E-state index in [4.69, 9.17) is 4.74 Å². The molecule has 0 aliphatic rings. The van der Waals surface area contributed by atoms with Crippen molar-refractivity contribution in [2.45, 2.75) is 20.0 Å². The summed E-state index contributed by atoms with van der Waals surface area (Å²) in [5.74, 6) is -0.917. The van der Waals surface area contributed by atoms with Crippen LogP contribution >= 0.6 is 15.9 Å². The Labute approximate surface area is 157 Å². The van der Waals surface area contributed by atoms with Crippen LogP contribution in [0.3, 0.4) is 0 Å². The highest BCUT2D eigenvalue weighted by atomic mass is 79.9. The van der Waals surface area contributed by atoms with Gasteiger partial charge in [0.15, 0.2) is 6.10 Å². The number of nitrogens with one attached hydrogen (secondary N) is 2. The number of para-hydroxylation sites is 1. The monoisotopic (exact) mass is 421 g/mol. The number of hydrogen-bond acceptors (Lipinski definition) is 5. The summed E-state index contributed by atoms with van der Waals surface area (Å²) in [5, 5.41) is 11.1. The molecule has 0 aromatic heterocycles. The second kappa shape index (κ2) is 8.43. The van der Waals surface area contributed by atoms with E-state index in [1.807, 2.05) is 6.07 Å². The molecule has 0 saturated carbocycles. The topological polar surface area (TPSA) is 111 Å². The number of nitro benzene ring substituents is 1. The molecule has 0 bridgehead atoms. The normalized spacial score (nSPS) is 11.3. The van der Waals surface area contributed by atoms with E-state index in [1.165, 1.54) is 32.0 Å². The third-order valence-corrected chi connectivity index (χ3v) is 3.94. The maximum Gasteiger partial charge on any atom is 0.285 e. The van der Waals surface area contributed by atoms with Crippen molar-refractivity contribution in [3.05, 3.63) is 68.2 Å². The lowest BCUT2D eigenvalue weighted by Crippen LogP contribution is -2.47. The first kappa shape index (κ1) is 19.4. The Balaban J connectivity index is 2.00. The van der Waals surface area contributed by atoms with Gasteiger partial charge in [-0.15, -0.1) is 0 Å². The van der Waals surface area contributed by atoms with Gasteiger partial charge >= 0.3 is 0 Å². The lowest BCUT2D eigenvalue weighted by Gasteiger charge is -2.15. The maximum absolute atomic E-state index is 12.2. The summed E-state index contributed by atoms with van der Waals surface area (Å²) in [6, 6.07) is 11.3. The molecule has 0 radical (unpaired) electrons. The fourth-order valence-corrected chi connectivity index (χ4v) is 2.55. The number of halogens is 1. The Bertz CT molecular complexity index is 856. The highest BCUT2D eigenvalue weighted by Gasteiger charge is 2.23. The van der Waals surface area contributed by atoms with Gasteiger partial charge in [0.1, 0.15) is 11.3 Å². The van der Waals surface area contributed by atoms with Crippen LogP contribution in [0.1, 0.15) is 22.8 Å². The summed E-state index contributed by atoms with van der Waals surface area (Å²) in [5.41, 5.74) is 4.27. The van der Waals surface area contributed by atoms with E-state index in [0.717, 1.165) is 4.47 Å². The molecule has 0 saturated heterocycles. The fraction of sp³-hybridized carbons (Fsp3) is 0.176. The molecule has 1 unspecified atom stereocenters. The van der Waals surface area contributed by atoms with E-state index in [1.54, 1.807) is 18.2 Å². The van der Waals surface area contributed by atoms with Crippen molar-refractivity contribution in [3.8, 4) is 5.75 Å². The van der Waals surface area contributed by atoms with Crippen LogP contribution in [0, 0.1) is 17.0 Å². The molecular weight excluding hydrogens is 406 g/mol. The number of benzene rings is 2. The summed E-state index contributed by atoms with van der Waals surface area (Å²) in [4.78, 5) is 34.7. The first-order valence-corrected chi connectivity index (χ1v) is 8.35. The zero-order valence-corrected chi connectivity index (χ0v) is 15.6. The summed E-state index contributed by atoms with van der Waals surface area (Å²) in [6.45, 7) is 3.04. The van der Waals surface area contributed by atoms with Gasteiger partial charge in [-0.2, -0.15) is 0 Å². The number of nitro groups is 1. The van der Waals surface area contributed by atoms with Crippen LogP contribution in [0.4, 0.5) is 5.69 Å². The van der Waals surface area contributed by atoms with Crippen LogP contribution in [-0.4, -0.2) is 22.8 Å². The predicted octanol–water partition coefficient (Wildman–Crippen LogP) is 2.89. The SMILES string of the molecule is Cc1cccc(C(=O)NNC(=O)C(C)Oc2cccc(Br)c2)c1[N+](=O)[O-]. The Morgan fingerprint density at radius 2 is 1.88 bits per heavy atom. The predicted molar refractivity (Wildman–Crippen MR) is 97.7 cm³/mol. The van der Waals surface area contributed by atoms with Crippen molar-refractivity contribution in [2.24, 2.45) is 0 Å². The van der Waals surface area contributed by atoms with Gasteiger partial charge in [0, 0.05) is 10.0 Å². The number of aryl methyl sites for hydroxylation is 1. The number of carbonyl (C=O) groups excluding carboxylic acids is 2. The molecular formula is C17H16BrN3O5. The molecule has 2 N–H and O–H groups in total. The summed E-state index contributed by atoms with van der Waals surface area (Å²) < 4.78 is 6.27. The fourth-order valence-electron chi connectivity index (χ4n) is 2.17. The molecule has 1 atom stereocenters. The Morgan fingerprint density at radius 3 is 2.54 bits per heavy atom. The molecule has 0 aliphatic heterocycles. The Kier molecular flexibility index (Phi) is 6.29. The van der Waals surface area contributed by atoms with Crippen LogP contribution in [0.25, 0.3) is 0 Å². The molecule has 0 fully saturated rings. The molecule has 0 heterocycles. The quantitative estimate of drug-likeness (QED) is 0.569. The molecule has 2 rings (SSSR count). The highest BCUT2D eigenvalue weighted by Crippen LogP contribution is 2.22. The zero-order valence-electron chi connectivity index (χ0n) is 14.0. The van der Waals surface area contributed by atoms with Crippen molar-refractivity contribution < 1.29 is 19.2 Å². The van der Waals surface area contributed by atoms with Gasteiger partial charge in [-0.05, 0) is 38.1 Å². The van der Waals surface area contributed by atoms with E-state index < -0.39 is 22.8 Å². The third-order valence-electron chi connectivity index (χ3n) is 3.44. The Hall–Kier alpha value is -2.94. The number of rotatable bonds is 5. The molecule has 2 aromatic rings. The number of hydrogen-bond donors (Lipinski definition) is 2. The standard InChI is InChI=1S/C17H16BrN3O5/c1-10-5-3-8-14(15(10)21(24)25)17(23)20-19-16(22)11(2)26-13-7-4-6-12(18)9-13/h3-9,11H,1-2H3,(H,19,22)(H,20,23). The highest BCUT2D eigenvalue weighted by molar-refractivity contribution is 9.10. The van der Waals surface area contributed by atoms with Gasteiger partial charge in [-0.1, -0.05) is 34.1 Å². The first-order valence-electron chi connectivity index (χ1n) is 7.56. The number of ether oxygens (including phenoxy) is 1. The number of hydrazine groups is 1. The first-order chi connectivity index (χ1) is 12.3. The van der Waals surface area contributed by atoms with Gasteiger partial charge in [0.2, 0.25) is 0 Å². The van der Waals surface area contributed by atoms with Crippen LogP contribution in [0.15, 0.2) is 46.9 Å². The smallest absolute Gasteiger partial charge is 0.285 e. The minimum atomic E-state index is -0.892. The van der Waals surface area contributed by atoms with Crippen LogP contribution < -0.4 is 15.6 Å². The van der Waals surface area contributed by atoms with Crippen molar-refractivity contribution in [2.75, 3.05) is 0 Å². The van der Waals surface area contributed by atoms with Crippen LogP contribution in [-0.2, 0) is 4.79 Å². The lowest BCUT2D eigenvalue weighted by molar-refractivity contribution is -0.385. The van der Waals surface area contributed by atoms with Crippen molar-refractivity contribution in [3.63, 3.8) is 0 Å². The van der Waals surface area contributed by atoms with E-state index >= 15 is 0 Å². The molecule has 2 aromatic carbocycles. The summed E-state index contributed by atoms with van der Waals surface area (Å²) in [6.07, 6.45) is -0.892. The van der Waals surface area contributed by atoms with Gasteiger partial charge in [-0.3, -0.25) is 30.6 Å². The lowest BCUT2D eigenvalue weighted by atomic mass is 10.1. The number of amides is 2. The maximum atomic E-state index is 12.2. The number of carbonyl (C=O) groups is 2. The van der Waals surface area contributed by atoms with Crippen LogP contribution in [0.5, 0.6) is 5.75 Å². The average molecular weight is 422 g/mol. The minimum absolute atomic E-state index is 0.143. The molecule has 2 amide bonds. The minimum Gasteiger partial charge on any atom is -0.481 e. The molecule has 9 heteroatoms. The average Bonchev–Trinajstić information content (AvgIpc) is 2.58. The molecule has 136 valence electrons. The number of nitrogens with zero attached hydrogens (tertiary/aromatic N) is 1. The van der Waals surface area contributed by atoms with Crippen molar-refractivity contribution in [1.82, 2.24) is 10.9 Å². The summed E-state index contributed by atoms with van der Waals surface area (Å²) >= 11 is 3.30. The van der Waals surface area contributed by atoms with Crippen molar-refractivity contribution in [1.29, 1.82) is 0 Å². The Morgan fingerprint density at radius 1 is 1.19 bits per heavy atom. The zero-order chi connectivity index (χ0) is 19.3. The van der Waals surface area contributed by atoms with Gasteiger partial charge in [-0.25, -0.2) is 0 Å². The van der Waals surface area contributed by atoms with E-state index in [-0.39, 0.29) is 11.3 Å². The largest absolute Gasteiger partial charge is 0.481 e. The van der Waals surface area contributed by atoms with E-state index in [0.29, 0.717) is 11.3 Å². The van der Waals surface area contributed by atoms with Gasteiger partial charge in [0.05, 0.1) is 4.92 Å². The summed E-state index contributed by atoms with van der Waals surface area (Å²) in [7, 11) is 0. The van der Waals surface area contributed by atoms with Gasteiger partial charge in [0.25, 0.3) is 17.5 Å². The van der Waals surface area contributed by atoms with Crippen molar-refractivity contribution >= 4 is 33.4 Å². The van der Waals surface area contributed by atoms with E-state index in [2.05, 4.69) is 26.8 Å². The third kappa shape index (κ3) is 4.79. The molecule has 0 spiro atoms. The second-order valence-electron chi connectivity index (χ2n) is 5.39. The van der Waals surface area contributed by atoms with E-state index in [9.17, 15) is 19.7 Å². The van der Waals surface area contributed by atoms with Gasteiger partial charge < -0.3 is 4.74 Å².